The SMILES string of the molecule is C1COO1.[C]. The zero-order valence-electron chi connectivity index (χ0n) is 2.73. The van der Waals surface area contributed by atoms with Crippen LogP contribution in [0.2, 0.25) is 0 Å². The van der Waals surface area contributed by atoms with Crippen LogP contribution in [0.25, 0.3) is 0 Å². The fourth-order valence-corrected chi connectivity index (χ4v) is 0.0833. The molecule has 0 aromatic heterocycles. The molecule has 0 atom stereocenters. The molecule has 1 rings (SSSR count). The highest BCUT2D eigenvalue weighted by Gasteiger charge is 1.95. The van der Waals surface area contributed by atoms with E-state index in [0.717, 1.165) is 13.2 Å². The van der Waals surface area contributed by atoms with Crippen molar-refractivity contribution in [2.75, 3.05) is 13.2 Å². The van der Waals surface area contributed by atoms with Gasteiger partial charge in [0.05, 0.1) is 0 Å². The summed E-state index contributed by atoms with van der Waals surface area (Å²) in [6, 6.07) is 0. The van der Waals surface area contributed by atoms with Gasteiger partial charge in [0, 0.05) is 7.43 Å². The highest BCUT2D eigenvalue weighted by atomic mass is 17.2. The first-order valence-electron chi connectivity index (χ1n) is 1.24. The van der Waals surface area contributed by atoms with Crippen molar-refractivity contribution in [3.63, 3.8) is 0 Å². The Morgan fingerprint density at radius 1 is 1.00 bits per heavy atom. The van der Waals surface area contributed by atoms with E-state index in [0.29, 0.717) is 0 Å². The van der Waals surface area contributed by atoms with Gasteiger partial charge in [0.15, 0.2) is 0 Å². The van der Waals surface area contributed by atoms with Gasteiger partial charge in [-0.1, -0.05) is 0 Å². The standard InChI is InChI=1S/C2H4O2.C/c1-2-4-3-1;/h1-2H2;. The topological polar surface area (TPSA) is 18.5 Å². The maximum atomic E-state index is 4.22. The van der Waals surface area contributed by atoms with Crippen LogP contribution in [0.4, 0.5) is 0 Å². The summed E-state index contributed by atoms with van der Waals surface area (Å²) in [6.45, 7) is 1.56. The zero-order valence-corrected chi connectivity index (χ0v) is 2.73. The van der Waals surface area contributed by atoms with Gasteiger partial charge in [0.25, 0.3) is 0 Å². The summed E-state index contributed by atoms with van der Waals surface area (Å²) >= 11 is 0. The van der Waals surface area contributed by atoms with Crippen molar-refractivity contribution in [3.05, 3.63) is 7.43 Å². The Morgan fingerprint density at radius 2 is 1.20 bits per heavy atom. The summed E-state index contributed by atoms with van der Waals surface area (Å²) in [4.78, 5) is 8.44. The molecule has 1 saturated heterocycles. The molecule has 0 N–H and O–H groups in total. The van der Waals surface area contributed by atoms with E-state index in [1.165, 1.54) is 0 Å². The van der Waals surface area contributed by atoms with Gasteiger partial charge < -0.3 is 0 Å². The lowest BCUT2D eigenvalue weighted by molar-refractivity contribution is -0.382. The maximum Gasteiger partial charge on any atom is 0.109 e. The molecule has 28 valence electrons. The van der Waals surface area contributed by atoms with Crippen molar-refractivity contribution in [3.8, 4) is 0 Å². The monoisotopic (exact) mass is 72.0 g/mol. The van der Waals surface area contributed by atoms with Gasteiger partial charge in [-0.3, -0.25) is 0 Å². The van der Waals surface area contributed by atoms with Crippen LogP contribution in [-0.2, 0) is 9.78 Å². The smallest absolute Gasteiger partial charge is 0.109 e. The summed E-state index contributed by atoms with van der Waals surface area (Å²) in [5, 5.41) is 0. The Morgan fingerprint density at radius 3 is 1.20 bits per heavy atom. The number of rotatable bonds is 0. The molecule has 0 unspecified atom stereocenters. The average molecular weight is 72.1 g/mol. The quantitative estimate of drug-likeness (QED) is 0.376. The Balaban J connectivity index is 0.000000160. The van der Waals surface area contributed by atoms with Crippen LogP contribution in [0.1, 0.15) is 0 Å². The first kappa shape index (κ1) is 4.92. The lowest BCUT2D eigenvalue weighted by Gasteiger charge is -2.08. The molecule has 1 aliphatic rings. The third-order valence-corrected chi connectivity index (χ3v) is 0.333. The Bertz CT molecular complexity index is 12.9. The van der Waals surface area contributed by atoms with E-state index in [1.807, 2.05) is 0 Å². The first-order valence-corrected chi connectivity index (χ1v) is 1.24. The van der Waals surface area contributed by atoms with Crippen molar-refractivity contribution in [1.82, 2.24) is 0 Å². The van der Waals surface area contributed by atoms with Crippen molar-refractivity contribution in [2.24, 2.45) is 0 Å². The fraction of sp³-hybridized carbons (Fsp3) is 0.667. The average Bonchev–Trinajstić information content (AvgIpc) is 0.722. The van der Waals surface area contributed by atoms with E-state index < -0.39 is 0 Å². The van der Waals surface area contributed by atoms with Gasteiger partial charge in [-0.2, -0.15) is 0 Å². The predicted octanol–water partition coefficient (Wildman–Crippen LogP) is 0.0295. The van der Waals surface area contributed by atoms with Gasteiger partial charge in [-0.25, -0.2) is 9.78 Å². The summed E-state index contributed by atoms with van der Waals surface area (Å²) < 4.78 is 0. The van der Waals surface area contributed by atoms with Crippen LogP contribution in [0.15, 0.2) is 0 Å². The molecule has 1 fully saturated rings. The molecule has 1 aliphatic heterocycles. The van der Waals surface area contributed by atoms with Crippen LogP contribution in [0, 0.1) is 7.43 Å². The van der Waals surface area contributed by atoms with Gasteiger partial charge in [-0.05, 0) is 0 Å². The molecule has 0 bridgehead atoms. The maximum absolute atomic E-state index is 4.22. The van der Waals surface area contributed by atoms with E-state index in [-0.39, 0.29) is 7.43 Å². The fourth-order valence-electron chi connectivity index (χ4n) is 0.0833. The van der Waals surface area contributed by atoms with E-state index in [2.05, 4.69) is 9.78 Å². The van der Waals surface area contributed by atoms with E-state index >= 15 is 0 Å². The first-order chi connectivity index (χ1) is 2.00. The minimum absolute atomic E-state index is 0. The van der Waals surface area contributed by atoms with Crippen LogP contribution < -0.4 is 0 Å². The van der Waals surface area contributed by atoms with Gasteiger partial charge in [0.2, 0.25) is 0 Å². The highest BCUT2D eigenvalue weighted by Crippen LogP contribution is 1.87. The second-order valence-corrected chi connectivity index (χ2v) is 0.644. The van der Waals surface area contributed by atoms with Crippen LogP contribution in [-0.4, -0.2) is 13.2 Å². The molecule has 0 saturated carbocycles. The molecule has 0 spiro atoms. The molecule has 0 aliphatic carbocycles. The molecule has 5 heavy (non-hydrogen) atoms. The largest absolute Gasteiger partial charge is 0.234 e. The number of hydrogen-bond acceptors (Lipinski definition) is 2. The summed E-state index contributed by atoms with van der Waals surface area (Å²) in [5.74, 6) is 0. The normalized spacial score (nSPS) is 19.2. The second kappa shape index (κ2) is 2.18. The van der Waals surface area contributed by atoms with Crippen molar-refractivity contribution in [2.45, 2.75) is 0 Å². The molecule has 2 heteroatoms. The molecule has 2 nitrogen and oxygen atoms in total. The second-order valence-electron chi connectivity index (χ2n) is 0.644. The third-order valence-electron chi connectivity index (χ3n) is 0.333. The Kier molecular flexibility index (Phi) is 2.14. The molecular formula is C3H4O2. The highest BCUT2D eigenvalue weighted by molar-refractivity contribution is 4.22. The Labute approximate surface area is 31.6 Å². The van der Waals surface area contributed by atoms with Crippen LogP contribution in [0.5, 0.6) is 0 Å². The minimum atomic E-state index is 0. The summed E-state index contributed by atoms with van der Waals surface area (Å²) in [7, 11) is 0. The van der Waals surface area contributed by atoms with Gasteiger partial charge >= 0.3 is 0 Å². The van der Waals surface area contributed by atoms with Crippen LogP contribution in [0.3, 0.4) is 0 Å². The molecular weight excluding hydrogens is 68.0 g/mol. The third kappa shape index (κ3) is 0.940. The lowest BCUT2D eigenvalue weighted by Crippen LogP contribution is -2.14. The Hall–Kier alpha value is -0.0800. The van der Waals surface area contributed by atoms with Gasteiger partial charge in [0.1, 0.15) is 13.2 Å². The zero-order chi connectivity index (χ0) is 2.83. The molecule has 0 aromatic rings. The van der Waals surface area contributed by atoms with Gasteiger partial charge in [-0.15, -0.1) is 0 Å². The van der Waals surface area contributed by atoms with E-state index in [1.54, 1.807) is 0 Å². The number of hydrogen-bond donors (Lipinski definition) is 0. The lowest BCUT2D eigenvalue weighted by atomic mass is 10.8. The predicted molar refractivity (Wildman–Crippen MR) is 15.1 cm³/mol. The minimum Gasteiger partial charge on any atom is -0.234 e. The van der Waals surface area contributed by atoms with Crippen molar-refractivity contribution in [1.29, 1.82) is 0 Å². The molecule has 4 radical (unpaired) electrons. The van der Waals surface area contributed by atoms with Crippen molar-refractivity contribution < 1.29 is 9.78 Å². The van der Waals surface area contributed by atoms with Crippen LogP contribution >= 0.6 is 0 Å². The molecule has 0 aromatic carbocycles. The van der Waals surface area contributed by atoms with E-state index in [9.17, 15) is 0 Å². The van der Waals surface area contributed by atoms with Crippen molar-refractivity contribution >= 4 is 0 Å². The molecule has 1 heterocycles. The molecule has 0 amide bonds. The van der Waals surface area contributed by atoms with E-state index in [4.69, 9.17) is 0 Å². The summed E-state index contributed by atoms with van der Waals surface area (Å²) in [6.07, 6.45) is 0. The summed E-state index contributed by atoms with van der Waals surface area (Å²) in [5.41, 5.74) is 0.